The highest BCUT2D eigenvalue weighted by atomic mass is 16.6. The van der Waals surface area contributed by atoms with Gasteiger partial charge in [-0.05, 0) is 46.5 Å². The minimum Gasteiger partial charge on any atom is -0.456 e. The predicted octanol–water partition coefficient (Wildman–Crippen LogP) is 2.07. The molecule has 2 saturated heterocycles. The molecule has 0 aromatic heterocycles. The summed E-state index contributed by atoms with van der Waals surface area (Å²) in [5, 5.41) is 0. The van der Waals surface area contributed by atoms with Crippen LogP contribution in [0.4, 0.5) is 4.79 Å². The van der Waals surface area contributed by atoms with Gasteiger partial charge in [0.05, 0.1) is 11.1 Å². The van der Waals surface area contributed by atoms with Crippen molar-refractivity contribution < 1.29 is 23.9 Å². The Balaban J connectivity index is 1.65. The van der Waals surface area contributed by atoms with E-state index in [4.69, 9.17) is 9.47 Å². The van der Waals surface area contributed by atoms with Gasteiger partial charge >= 0.3 is 12.1 Å². The molecule has 0 atom stereocenters. The van der Waals surface area contributed by atoms with Crippen LogP contribution in [0.5, 0.6) is 0 Å². The van der Waals surface area contributed by atoms with E-state index >= 15 is 0 Å². The minimum absolute atomic E-state index is 0.0622. The number of amides is 2. The molecule has 0 aromatic rings. The van der Waals surface area contributed by atoms with Crippen LogP contribution < -0.4 is 0 Å². The maximum absolute atomic E-state index is 13.1. The summed E-state index contributed by atoms with van der Waals surface area (Å²) in [6.45, 7) is 7.36. The fraction of sp³-hybridized carbons (Fsp3) is 0.722. The molecule has 0 saturated carbocycles. The van der Waals surface area contributed by atoms with Crippen LogP contribution in [0.25, 0.3) is 0 Å². The molecule has 138 valence electrons. The molecule has 2 amide bonds. The highest BCUT2D eigenvalue weighted by molar-refractivity contribution is 5.90. The van der Waals surface area contributed by atoms with E-state index in [1.165, 1.54) is 6.08 Å². The Labute approximate surface area is 147 Å². The van der Waals surface area contributed by atoms with E-state index < -0.39 is 11.0 Å². The standard InChI is InChI=1S/C18H26N2O5/c1-17(2,3)25-16(23)19-9-6-18(7-10-19)5-4-8-20(15(18)22)13-11-14(21)24-12-13/h11H,4-10,12H2,1-3H3. The summed E-state index contributed by atoms with van der Waals surface area (Å²) in [5.41, 5.74) is -0.308. The van der Waals surface area contributed by atoms with Crippen molar-refractivity contribution in [1.29, 1.82) is 0 Å². The lowest BCUT2D eigenvalue weighted by Crippen LogP contribution is -2.54. The van der Waals surface area contributed by atoms with E-state index in [2.05, 4.69) is 0 Å². The average molecular weight is 350 g/mol. The van der Waals surface area contributed by atoms with Crippen LogP contribution in [0.15, 0.2) is 11.8 Å². The molecule has 3 heterocycles. The van der Waals surface area contributed by atoms with Crippen LogP contribution in [0.1, 0.15) is 46.5 Å². The van der Waals surface area contributed by atoms with E-state index in [1.54, 1.807) is 9.80 Å². The molecule has 0 aliphatic carbocycles. The van der Waals surface area contributed by atoms with Gasteiger partial charge in [-0.3, -0.25) is 4.79 Å². The molecule has 0 radical (unpaired) electrons. The Morgan fingerprint density at radius 3 is 2.40 bits per heavy atom. The van der Waals surface area contributed by atoms with Crippen LogP contribution in [0.3, 0.4) is 0 Å². The van der Waals surface area contributed by atoms with Crippen LogP contribution >= 0.6 is 0 Å². The Bertz CT molecular complexity index is 611. The van der Waals surface area contributed by atoms with E-state index in [1.807, 2.05) is 20.8 Å². The zero-order valence-electron chi connectivity index (χ0n) is 15.2. The molecule has 25 heavy (non-hydrogen) atoms. The van der Waals surface area contributed by atoms with Crippen molar-refractivity contribution >= 4 is 18.0 Å². The van der Waals surface area contributed by atoms with Gasteiger partial charge in [-0.25, -0.2) is 9.59 Å². The number of nitrogens with zero attached hydrogens (tertiary/aromatic N) is 2. The van der Waals surface area contributed by atoms with Gasteiger partial charge in [-0.1, -0.05) is 0 Å². The monoisotopic (exact) mass is 350 g/mol. The summed E-state index contributed by atoms with van der Waals surface area (Å²) >= 11 is 0. The molecule has 1 spiro atoms. The molecule has 0 N–H and O–H groups in total. The summed E-state index contributed by atoms with van der Waals surface area (Å²) in [4.78, 5) is 40.0. The smallest absolute Gasteiger partial charge is 0.410 e. The lowest BCUT2D eigenvalue weighted by molar-refractivity contribution is -0.148. The number of ether oxygens (including phenoxy) is 2. The van der Waals surface area contributed by atoms with Crippen molar-refractivity contribution in [1.82, 2.24) is 9.80 Å². The first-order valence-electron chi connectivity index (χ1n) is 8.87. The Kier molecular flexibility index (Phi) is 4.51. The highest BCUT2D eigenvalue weighted by Gasteiger charge is 2.47. The van der Waals surface area contributed by atoms with Crippen molar-refractivity contribution in [2.45, 2.75) is 52.1 Å². The second kappa shape index (κ2) is 6.35. The Morgan fingerprint density at radius 2 is 1.84 bits per heavy atom. The van der Waals surface area contributed by atoms with Gasteiger partial charge in [-0.2, -0.15) is 0 Å². The number of hydrogen-bond acceptors (Lipinski definition) is 5. The van der Waals surface area contributed by atoms with Gasteiger partial charge < -0.3 is 19.3 Å². The van der Waals surface area contributed by atoms with Crippen LogP contribution in [-0.4, -0.2) is 59.6 Å². The van der Waals surface area contributed by atoms with Crippen molar-refractivity contribution in [2.24, 2.45) is 5.41 Å². The number of carbonyl (C=O) groups is 3. The van der Waals surface area contributed by atoms with Crippen molar-refractivity contribution in [3.8, 4) is 0 Å². The van der Waals surface area contributed by atoms with Gasteiger partial charge in [-0.15, -0.1) is 0 Å². The fourth-order valence-electron chi connectivity index (χ4n) is 3.77. The van der Waals surface area contributed by atoms with Gasteiger partial charge in [0.2, 0.25) is 5.91 Å². The first-order valence-corrected chi connectivity index (χ1v) is 8.87. The molecule has 3 aliphatic rings. The van der Waals surface area contributed by atoms with E-state index in [0.717, 1.165) is 12.8 Å². The number of rotatable bonds is 1. The second-order valence-electron chi connectivity index (χ2n) is 8.05. The van der Waals surface area contributed by atoms with Crippen molar-refractivity contribution in [2.75, 3.05) is 26.2 Å². The third kappa shape index (κ3) is 3.65. The van der Waals surface area contributed by atoms with E-state index in [0.29, 0.717) is 38.2 Å². The lowest BCUT2D eigenvalue weighted by atomic mass is 9.71. The van der Waals surface area contributed by atoms with Crippen LogP contribution in [0, 0.1) is 5.41 Å². The maximum Gasteiger partial charge on any atom is 0.410 e. The van der Waals surface area contributed by atoms with Gasteiger partial charge in [0.25, 0.3) is 0 Å². The summed E-state index contributed by atoms with van der Waals surface area (Å²) in [6, 6.07) is 0. The number of cyclic esters (lactones) is 1. The molecule has 0 bridgehead atoms. The largest absolute Gasteiger partial charge is 0.456 e. The fourth-order valence-corrected chi connectivity index (χ4v) is 3.77. The topological polar surface area (TPSA) is 76.2 Å². The van der Waals surface area contributed by atoms with Gasteiger partial charge in [0.1, 0.15) is 12.2 Å². The molecule has 7 heteroatoms. The number of esters is 1. The van der Waals surface area contributed by atoms with Gasteiger partial charge in [0, 0.05) is 25.7 Å². The number of carbonyl (C=O) groups excluding carboxylic acids is 3. The zero-order chi connectivity index (χ0) is 18.2. The second-order valence-corrected chi connectivity index (χ2v) is 8.05. The average Bonchev–Trinajstić information content (AvgIpc) is 2.95. The normalized spacial score (nSPS) is 23.6. The van der Waals surface area contributed by atoms with Gasteiger partial charge in [0.15, 0.2) is 0 Å². The predicted molar refractivity (Wildman–Crippen MR) is 89.5 cm³/mol. The maximum atomic E-state index is 13.1. The van der Waals surface area contributed by atoms with Crippen LogP contribution in [0.2, 0.25) is 0 Å². The quantitative estimate of drug-likeness (QED) is 0.677. The molecule has 3 aliphatic heterocycles. The molecule has 7 nitrogen and oxygen atoms in total. The molecule has 2 fully saturated rings. The number of piperidine rings is 2. The SMILES string of the molecule is CC(C)(C)OC(=O)N1CCC2(CCCN(C3=CC(=O)OC3)C2=O)CC1. The summed E-state index contributed by atoms with van der Waals surface area (Å²) in [7, 11) is 0. The minimum atomic E-state index is -0.523. The number of hydrogen-bond donors (Lipinski definition) is 0. The van der Waals surface area contributed by atoms with E-state index in [-0.39, 0.29) is 24.6 Å². The molecule has 0 aromatic carbocycles. The van der Waals surface area contributed by atoms with Crippen LogP contribution in [-0.2, 0) is 19.1 Å². The summed E-state index contributed by atoms with van der Waals surface area (Å²) < 4.78 is 10.4. The summed E-state index contributed by atoms with van der Waals surface area (Å²) in [5.74, 6) is -0.325. The number of likely N-dealkylation sites (tertiary alicyclic amines) is 2. The Hall–Kier alpha value is -2.05. The third-order valence-corrected chi connectivity index (χ3v) is 5.10. The molecular formula is C18H26N2O5. The Morgan fingerprint density at radius 1 is 1.16 bits per heavy atom. The zero-order valence-corrected chi connectivity index (χ0v) is 15.2. The highest BCUT2D eigenvalue weighted by Crippen LogP contribution is 2.42. The molecular weight excluding hydrogens is 324 g/mol. The lowest BCUT2D eigenvalue weighted by Gasteiger charge is -2.46. The van der Waals surface area contributed by atoms with E-state index in [9.17, 15) is 14.4 Å². The first-order chi connectivity index (χ1) is 11.7. The summed E-state index contributed by atoms with van der Waals surface area (Å²) in [6.07, 6.45) is 4.07. The third-order valence-electron chi connectivity index (χ3n) is 5.10. The first kappa shape index (κ1) is 17.8. The van der Waals surface area contributed by atoms with Crippen molar-refractivity contribution in [3.63, 3.8) is 0 Å². The van der Waals surface area contributed by atoms with Crippen molar-refractivity contribution in [3.05, 3.63) is 11.8 Å². The molecule has 3 rings (SSSR count). The molecule has 0 unspecified atom stereocenters.